The molecule has 7 heteroatoms. The molecule has 0 aliphatic heterocycles. The van der Waals surface area contributed by atoms with E-state index in [1.807, 2.05) is 0 Å². The van der Waals surface area contributed by atoms with E-state index in [9.17, 15) is 13.2 Å². The van der Waals surface area contributed by atoms with Gasteiger partial charge in [0.1, 0.15) is 12.4 Å². The second-order valence-corrected chi connectivity index (χ2v) is 8.78. The topological polar surface area (TPSA) is 75.7 Å². The highest BCUT2D eigenvalue weighted by atomic mass is 32.2. The third kappa shape index (κ3) is 6.35. The Morgan fingerprint density at radius 3 is 2.18 bits per heavy atom. The minimum atomic E-state index is -3.44. The number of aryl methyl sites for hydroxylation is 2. The molecule has 0 unspecified atom stereocenters. The van der Waals surface area contributed by atoms with Gasteiger partial charge in [-0.1, -0.05) is 31.2 Å². The number of hydrogen-bond donors (Lipinski definition) is 1. The third-order valence-electron chi connectivity index (χ3n) is 4.37. The maximum Gasteiger partial charge on any atom is 0.242 e. The van der Waals surface area contributed by atoms with Gasteiger partial charge in [0, 0.05) is 20.5 Å². The van der Waals surface area contributed by atoms with Crippen molar-refractivity contribution in [2.24, 2.45) is 0 Å². The number of nitrogens with zero attached hydrogens (tertiary/aromatic N) is 1. The first-order valence-corrected chi connectivity index (χ1v) is 10.8. The smallest absolute Gasteiger partial charge is 0.242 e. The molecule has 0 saturated heterocycles. The van der Waals surface area contributed by atoms with Crippen molar-refractivity contribution in [3.63, 3.8) is 0 Å². The molecule has 0 atom stereocenters. The van der Waals surface area contributed by atoms with Crippen LogP contribution in [0.3, 0.4) is 0 Å². The Hall–Kier alpha value is -2.38. The minimum Gasteiger partial charge on any atom is -0.492 e. The molecule has 0 aliphatic carbocycles. The fraction of sp³-hybridized carbons (Fsp3) is 0.381. The summed E-state index contributed by atoms with van der Waals surface area (Å²) in [5.74, 6) is 0.540. The first-order valence-electron chi connectivity index (χ1n) is 9.33. The van der Waals surface area contributed by atoms with Crippen molar-refractivity contribution in [3.8, 4) is 5.75 Å². The number of carbonyl (C=O) groups excluding carboxylic acids is 1. The first-order chi connectivity index (χ1) is 13.3. The fourth-order valence-corrected chi connectivity index (χ4v) is 3.47. The highest BCUT2D eigenvalue weighted by Crippen LogP contribution is 2.17. The normalized spacial score (nSPS) is 11.4. The standard InChI is InChI=1S/C21H28N2O4S/c1-4-17-5-7-18(8-6-17)9-14-21(24)22-15-16-27-19-10-12-20(13-11-19)28(25,26)23(2)3/h5-8,10-13H,4,9,14-16H2,1-3H3,(H,22,24). The number of benzene rings is 2. The molecular formula is C21H28N2O4S. The van der Waals surface area contributed by atoms with E-state index in [4.69, 9.17) is 4.74 Å². The van der Waals surface area contributed by atoms with Crippen LogP contribution in [0.1, 0.15) is 24.5 Å². The van der Waals surface area contributed by atoms with E-state index in [1.165, 1.54) is 31.8 Å². The number of amides is 1. The van der Waals surface area contributed by atoms with Crippen LogP contribution in [-0.4, -0.2) is 45.9 Å². The Kier molecular flexibility index (Phi) is 8.02. The highest BCUT2D eigenvalue weighted by molar-refractivity contribution is 7.89. The maximum absolute atomic E-state index is 12.0. The van der Waals surface area contributed by atoms with Crippen molar-refractivity contribution in [1.82, 2.24) is 9.62 Å². The summed E-state index contributed by atoms with van der Waals surface area (Å²) in [6.07, 6.45) is 2.15. The van der Waals surface area contributed by atoms with Gasteiger partial charge in [-0.2, -0.15) is 0 Å². The van der Waals surface area contributed by atoms with Crippen molar-refractivity contribution in [1.29, 1.82) is 0 Å². The van der Waals surface area contributed by atoms with Gasteiger partial charge in [0.2, 0.25) is 15.9 Å². The van der Waals surface area contributed by atoms with E-state index in [-0.39, 0.29) is 10.8 Å². The van der Waals surface area contributed by atoms with Crippen LogP contribution < -0.4 is 10.1 Å². The molecule has 0 bridgehead atoms. The Morgan fingerprint density at radius 1 is 1.00 bits per heavy atom. The van der Waals surface area contributed by atoms with Crippen LogP contribution in [0.5, 0.6) is 5.75 Å². The SMILES string of the molecule is CCc1ccc(CCC(=O)NCCOc2ccc(S(=O)(=O)N(C)C)cc2)cc1. The molecule has 1 N–H and O–H groups in total. The number of nitrogens with one attached hydrogen (secondary N) is 1. The summed E-state index contributed by atoms with van der Waals surface area (Å²) in [4.78, 5) is 12.1. The Bertz CT molecular complexity index is 860. The van der Waals surface area contributed by atoms with Crippen molar-refractivity contribution in [2.45, 2.75) is 31.1 Å². The van der Waals surface area contributed by atoms with Crippen LogP contribution in [0, 0.1) is 0 Å². The van der Waals surface area contributed by atoms with Gasteiger partial charge in [-0.3, -0.25) is 4.79 Å². The van der Waals surface area contributed by atoms with Gasteiger partial charge in [-0.15, -0.1) is 0 Å². The van der Waals surface area contributed by atoms with E-state index in [0.717, 1.165) is 16.3 Å². The summed E-state index contributed by atoms with van der Waals surface area (Å²) in [6, 6.07) is 14.5. The lowest BCUT2D eigenvalue weighted by molar-refractivity contribution is -0.121. The highest BCUT2D eigenvalue weighted by Gasteiger charge is 2.16. The quantitative estimate of drug-likeness (QED) is 0.618. The molecular weight excluding hydrogens is 376 g/mol. The average molecular weight is 405 g/mol. The molecule has 0 fully saturated rings. The number of hydrogen-bond acceptors (Lipinski definition) is 4. The molecule has 152 valence electrons. The predicted molar refractivity (Wildman–Crippen MR) is 110 cm³/mol. The predicted octanol–water partition coefficient (Wildman–Crippen LogP) is 2.63. The van der Waals surface area contributed by atoms with Gasteiger partial charge < -0.3 is 10.1 Å². The Balaban J connectivity index is 1.69. The van der Waals surface area contributed by atoms with Crippen LogP contribution in [-0.2, 0) is 27.7 Å². The second kappa shape index (κ2) is 10.2. The third-order valence-corrected chi connectivity index (χ3v) is 6.20. The number of ether oxygens (including phenoxy) is 1. The van der Waals surface area contributed by atoms with E-state index in [2.05, 4.69) is 36.5 Å². The van der Waals surface area contributed by atoms with Crippen molar-refractivity contribution in [3.05, 3.63) is 59.7 Å². The van der Waals surface area contributed by atoms with Crippen molar-refractivity contribution >= 4 is 15.9 Å². The number of rotatable bonds is 10. The fourth-order valence-electron chi connectivity index (χ4n) is 2.57. The summed E-state index contributed by atoms with van der Waals surface area (Å²) in [5.41, 5.74) is 2.44. The summed E-state index contributed by atoms with van der Waals surface area (Å²) < 4.78 is 30.7. The van der Waals surface area contributed by atoms with Crippen LogP contribution in [0.15, 0.2) is 53.4 Å². The zero-order valence-corrected chi connectivity index (χ0v) is 17.5. The van der Waals surface area contributed by atoms with E-state index in [1.54, 1.807) is 12.1 Å². The van der Waals surface area contributed by atoms with Gasteiger partial charge in [0.05, 0.1) is 11.4 Å². The van der Waals surface area contributed by atoms with E-state index >= 15 is 0 Å². The summed E-state index contributed by atoms with van der Waals surface area (Å²) in [6.45, 7) is 2.83. The molecule has 1 amide bonds. The lowest BCUT2D eigenvalue weighted by Gasteiger charge is -2.12. The molecule has 0 saturated carbocycles. The van der Waals surface area contributed by atoms with Crippen molar-refractivity contribution in [2.75, 3.05) is 27.2 Å². The number of sulfonamides is 1. The molecule has 6 nitrogen and oxygen atoms in total. The van der Waals surface area contributed by atoms with Crippen LogP contribution in [0.2, 0.25) is 0 Å². The molecule has 0 radical (unpaired) electrons. The molecule has 2 aromatic carbocycles. The second-order valence-electron chi connectivity index (χ2n) is 6.63. The lowest BCUT2D eigenvalue weighted by atomic mass is 10.1. The van der Waals surface area contributed by atoms with Gasteiger partial charge in [-0.05, 0) is 48.2 Å². The van der Waals surface area contributed by atoms with Gasteiger partial charge in [-0.25, -0.2) is 12.7 Å². The molecule has 28 heavy (non-hydrogen) atoms. The van der Waals surface area contributed by atoms with Crippen LogP contribution >= 0.6 is 0 Å². The summed E-state index contributed by atoms with van der Waals surface area (Å²) in [5, 5.41) is 2.83. The minimum absolute atomic E-state index is 0.0180. The summed E-state index contributed by atoms with van der Waals surface area (Å²) in [7, 11) is -0.465. The molecule has 2 aromatic rings. The van der Waals surface area contributed by atoms with E-state index < -0.39 is 10.0 Å². The maximum atomic E-state index is 12.0. The molecule has 0 heterocycles. The van der Waals surface area contributed by atoms with Crippen LogP contribution in [0.4, 0.5) is 0 Å². The van der Waals surface area contributed by atoms with Crippen molar-refractivity contribution < 1.29 is 17.9 Å². The van der Waals surface area contributed by atoms with E-state index in [0.29, 0.717) is 31.7 Å². The average Bonchev–Trinajstić information content (AvgIpc) is 2.70. The molecule has 0 aliphatic rings. The summed E-state index contributed by atoms with van der Waals surface area (Å²) >= 11 is 0. The lowest BCUT2D eigenvalue weighted by Crippen LogP contribution is -2.28. The molecule has 0 aromatic heterocycles. The largest absolute Gasteiger partial charge is 0.492 e. The monoisotopic (exact) mass is 404 g/mol. The Morgan fingerprint density at radius 2 is 1.61 bits per heavy atom. The number of carbonyl (C=O) groups is 1. The first kappa shape index (κ1) is 21.9. The zero-order chi connectivity index (χ0) is 20.6. The van der Waals surface area contributed by atoms with Gasteiger partial charge >= 0.3 is 0 Å². The Labute approximate surface area is 167 Å². The molecule has 2 rings (SSSR count). The molecule has 0 spiro atoms. The van der Waals surface area contributed by atoms with Gasteiger partial charge in [0.15, 0.2) is 0 Å². The van der Waals surface area contributed by atoms with Crippen LogP contribution in [0.25, 0.3) is 0 Å². The van der Waals surface area contributed by atoms with Gasteiger partial charge in [0.25, 0.3) is 0 Å². The zero-order valence-electron chi connectivity index (χ0n) is 16.6.